The molecule has 0 aromatic carbocycles. The van der Waals surface area contributed by atoms with E-state index in [0.29, 0.717) is 6.54 Å². The van der Waals surface area contributed by atoms with Crippen molar-refractivity contribution in [2.45, 2.75) is 39.3 Å². The highest BCUT2D eigenvalue weighted by Crippen LogP contribution is 2.18. The molecule has 3 atom stereocenters. The molecule has 3 unspecified atom stereocenters. The molecule has 0 bridgehead atoms. The molecule has 6 heteroatoms. The highest BCUT2D eigenvalue weighted by molar-refractivity contribution is 7.99. The van der Waals surface area contributed by atoms with Crippen LogP contribution in [0.4, 0.5) is 0 Å². The second-order valence-electron chi connectivity index (χ2n) is 6.03. The molecule has 1 N–H and O–H groups in total. The van der Waals surface area contributed by atoms with Crippen LogP contribution in [0, 0.1) is 5.92 Å². The van der Waals surface area contributed by atoms with Gasteiger partial charge >= 0.3 is 0 Å². The number of piperazine rings is 1. The van der Waals surface area contributed by atoms with E-state index in [2.05, 4.69) is 17.1 Å². The number of hydrogen-bond acceptors (Lipinski definition) is 4. The van der Waals surface area contributed by atoms with Gasteiger partial charge in [0.15, 0.2) is 0 Å². The van der Waals surface area contributed by atoms with E-state index in [4.69, 9.17) is 0 Å². The van der Waals surface area contributed by atoms with Gasteiger partial charge in [-0.15, -0.1) is 0 Å². The number of nitrogens with one attached hydrogen (secondary N) is 1. The lowest BCUT2D eigenvalue weighted by atomic mass is 9.94. The SMILES string of the molecule is CCC(C)C1NC(=O)C(C)N(CCN2CCSCC2)C1=O. The first-order valence-electron chi connectivity index (χ1n) is 7.95. The van der Waals surface area contributed by atoms with Crippen molar-refractivity contribution in [2.24, 2.45) is 5.92 Å². The summed E-state index contributed by atoms with van der Waals surface area (Å²) in [5.74, 6) is 2.58. The van der Waals surface area contributed by atoms with Crippen LogP contribution in [-0.2, 0) is 9.59 Å². The summed E-state index contributed by atoms with van der Waals surface area (Å²) in [6.07, 6.45) is 0.891. The molecule has 0 radical (unpaired) electrons. The smallest absolute Gasteiger partial charge is 0.246 e. The highest BCUT2D eigenvalue weighted by Gasteiger charge is 2.39. The molecule has 0 spiro atoms. The van der Waals surface area contributed by atoms with E-state index < -0.39 is 0 Å². The third-order valence-corrected chi connectivity index (χ3v) is 5.61. The van der Waals surface area contributed by atoms with E-state index in [1.54, 1.807) is 4.90 Å². The number of thioether (sulfide) groups is 1. The fourth-order valence-corrected chi connectivity index (χ4v) is 3.82. The largest absolute Gasteiger partial charge is 0.342 e. The van der Waals surface area contributed by atoms with Crippen molar-refractivity contribution >= 4 is 23.6 Å². The maximum absolute atomic E-state index is 12.6. The predicted molar refractivity (Wildman–Crippen MR) is 86.3 cm³/mol. The molecular formula is C15H27N3O2S. The first-order chi connectivity index (χ1) is 10.0. The van der Waals surface area contributed by atoms with Gasteiger partial charge in [0.05, 0.1) is 0 Å². The molecule has 0 saturated carbocycles. The van der Waals surface area contributed by atoms with Crippen molar-refractivity contribution in [3.8, 4) is 0 Å². The molecule has 2 rings (SSSR count). The molecule has 2 fully saturated rings. The van der Waals surface area contributed by atoms with Gasteiger partial charge in [-0.05, 0) is 12.8 Å². The molecule has 21 heavy (non-hydrogen) atoms. The fraction of sp³-hybridized carbons (Fsp3) is 0.867. The van der Waals surface area contributed by atoms with Gasteiger partial charge in [0, 0.05) is 37.7 Å². The van der Waals surface area contributed by atoms with Gasteiger partial charge in [-0.2, -0.15) is 11.8 Å². The lowest BCUT2D eigenvalue weighted by Crippen LogP contribution is -2.64. The van der Waals surface area contributed by atoms with Crippen molar-refractivity contribution in [2.75, 3.05) is 37.7 Å². The Bertz CT molecular complexity index is 385. The summed E-state index contributed by atoms with van der Waals surface area (Å²) in [5.41, 5.74) is 0. The first kappa shape index (κ1) is 16.6. The maximum Gasteiger partial charge on any atom is 0.246 e. The van der Waals surface area contributed by atoms with E-state index in [1.807, 2.05) is 25.6 Å². The summed E-state index contributed by atoms with van der Waals surface area (Å²) in [4.78, 5) is 28.9. The van der Waals surface area contributed by atoms with Crippen LogP contribution in [-0.4, -0.2) is 71.4 Å². The zero-order valence-electron chi connectivity index (χ0n) is 13.3. The molecule has 5 nitrogen and oxygen atoms in total. The van der Waals surface area contributed by atoms with Crippen LogP contribution in [0.2, 0.25) is 0 Å². The zero-order valence-corrected chi connectivity index (χ0v) is 14.1. The van der Waals surface area contributed by atoms with Crippen molar-refractivity contribution in [3.63, 3.8) is 0 Å². The number of carbonyl (C=O) groups is 2. The van der Waals surface area contributed by atoms with Crippen molar-refractivity contribution in [1.29, 1.82) is 0 Å². The summed E-state index contributed by atoms with van der Waals surface area (Å²) in [6.45, 7) is 9.61. The predicted octanol–water partition coefficient (Wildman–Crippen LogP) is 0.797. The Labute approximate surface area is 131 Å². The second kappa shape index (κ2) is 7.49. The summed E-state index contributed by atoms with van der Waals surface area (Å²) in [5, 5.41) is 2.89. The van der Waals surface area contributed by atoms with E-state index >= 15 is 0 Å². The van der Waals surface area contributed by atoms with Crippen LogP contribution in [0.25, 0.3) is 0 Å². The molecule has 0 aromatic heterocycles. The lowest BCUT2D eigenvalue weighted by Gasteiger charge is -2.40. The third kappa shape index (κ3) is 3.92. The average molecular weight is 313 g/mol. The van der Waals surface area contributed by atoms with Gasteiger partial charge < -0.3 is 10.2 Å². The molecule has 2 aliphatic heterocycles. The Morgan fingerprint density at radius 2 is 1.95 bits per heavy atom. The standard InChI is InChI=1S/C15H27N3O2S/c1-4-11(2)13-15(20)18(12(3)14(19)16-13)6-5-17-7-9-21-10-8-17/h11-13H,4-10H2,1-3H3,(H,16,19). The van der Waals surface area contributed by atoms with Crippen LogP contribution in [0.5, 0.6) is 0 Å². The number of rotatable bonds is 5. The van der Waals surface area contributed by atoms with E-state index in [1.165, 1.54) is 11.5 Å². The zero-order chi connectivity index (χ0) is 15.4. The quantitative estimate of drug-likeness (QED) is 0.816. The molecule has 2 aliphatic rings. The Balaban J connectivity index is 1.97. The topological polar surface area (TPSA) is 52.7 Å². The number of carbonyl (C=O) groups excluding carboxylic acids is 2. The van der Waals surface area contributed by atoms with Gasteiger partial charge in [-0.3, -0.25) is 14.5 Å². The fourth-order valence-electron chi connectivity index (χ4n) is 2.85. The Kier molecular flexibility index (Phi) is 5.93. The molecule has 0 aliphatic carbocycles. The van der Waals surface area contributed by atoms with Crippen molar-refractivity contribution < 1.29 is 9.59 Å². The van der Waals surface area contributed by atoms with Gasteiger partial charge in [0.2, 0.25) is 11.8 Å². The number of amides is 2. The summed E-state index contributed by atoms with van der Waals surface area (Å²) in [6, 6.07) is -0.701. The second-order valence-corrected chi connectivity index (χ2v) is 7.26. The Morgan fingerprint density at radius 1 is 1.29 bits per heavy atom. The van der Waals surface area contributed by atoms with Gasteiger partial charge in [-0.1, -0.05) is 20.3 Å². The minimum Gasteiger partial charge on any atom is -0.342 e. The average Bonchev–Trinajstić information content (AvgIpc) is 2.51. The van der Waals surface area contributed by atoms with Crippen LogP contribution < -0.4 is 5.32 Å². The molecule has 2 heterocycles. The summed E-state index contributed by atoms with van der Waals surface area (Å²) < 4.78 is 0. The Morgan fingerprint density at radius 3 is 2.57 bits per heavy atom. The first-order valence-corrected chi connectivity index (χ1v) is 9.11. The number of hydrogen-bond donors (Lipinski definition) is 1. The lowest BCUT2D eigenvalue weighted by molar-refractivity contribution is -0.150. The minimum absolute atomic E-state index is 0.0194. The third-order valence-electron chi connectivity index (χ3n) is 4.67. The van der Waals surface area contributed by atoms with Gasteiger partial charge in [-0.25, -0.2) is 0 Å². The summed E-state index contributed by atoms with van der Waals surface area (Å²) in [7, 11) is 0. The van der Waals surface area contributed by atoms with Crippen LogP contribution in [0.1, 0.15) is 27.2 Å². The van der Waals surface area contributed by atoms with E-state index in [0.717, 1.165) is 26.1 Å². The summed E-state index contributed by atoms with van der Waals surface area (Å²) >= 11 is 1.98. The van der Waals surface area contributed by atoms with Gasteiger partial charge in [0.25, 0.3) is 0 Å². The van der Waals surface area contributed by atoms with Gasteiger partial charge in [0.1, 0.15) is 12.1 Å². The van der Waals surface area contributed by atoms with Crippen LogP contribution >= 0.6 is 11.8 Å². The molecule has 120 valence electrons. The van der Waals surface area contributed by atoms with E-state index in [9.17, 15) is 9.59 Å². The minimum atomic E-state index is -0.351. The van der Waals surface area contributed by atoms with Crippen molar-refractivity contribution in [3.05, 3.63) is 0 Å². The van der Waals surface area contributed by atoms with Crippen molar-refractivity contribution in [1.82, 2.24) is 15.1 Å². The maximum atomic E-state index is 12.6. The number of nitrogens with zero attached hydrogens (tertiary/aromatic N) is 2. The molecule has 0 aromatic rings. The monoisotopic (exact) mass is 313 g/mol. The molecule has 2 amide bonds. The highest BCUT2D eigenvalue weighted by atomic mass is 32.2. The molecule has 2 saturated heterocycles. The van der Waals surface area contributed by atoms with Crippen LogP contribution in [0.15, 0.2) is 0 Å². The van der Waals surface area contributed by atoms with E-state index in [-0.39, 0.29) is 29.8 Å². The van der Waals surface area contributed by atoms with Crippen LogP contribution in [0.3, 0.4) is 0 Å². The Hall–Kier alpha value is -0.750. The molecular weight excluding hydrogens is 286 g/mol. The normalized spacial score (nSPS) is 29.4.